The van der Waals surface area contributed by atoms with Crippen molar-refractivity contribution in [1.82, 2.24) is 14.8 Å². The number of nitrogens with two attached hydrogens (primary N) is 1. The summed E-state index contributed by atoms with van der Waals surface area (Å²) in [5.74, 6) is 2.06. The largest absolute Gasteiger partial charge is 0.366 e. The van der Waals surface area contributed by atoms with Crippen molar-refractivity contribution in [1.29, 1.82) is 0 Å². The van der Waals surface area contributed by atoms with Crippen LogP contribution in [-0.4, -0.2) is 14.8 Å². The maximum Gasteiger partial charge on any atom is 0.239 e. The normalized spacial score (nSPS) is 19.2. The lowest BCUT2D eigenvalue weighted by atomic mass is 9.89. The monoisotopic (exact) mass is 180 g/mol. The average Bonchev–Trinajstić information content (AvgIpc) is 2.47. The highest BCUT2D eigenvalue weighted by Crippen LogP contribution is 2.31. The van der Waals surface area contributed by atoms with Crippen molar-refractivity contribution in [2.45, 2.75) is 38.0 Å². The van der Waals surface area contributed by atoms with Crippen LogP contribution in [0.2, 0.25) is 0 Å². The lowest BCUT2D eigenvalue weighted by molar-refractivity contribution is 0.417. The summed E-state index contributed by atoms with van der Waals surface area (Å²) in [6, 6.07) is 0. The van der Waals surface area contributed by atoms with Gasteiger partial charge in [0.05, 0.1) is 0 Å². The van der Waals surface area contributed by atoms with Crippen LogP contribution in [0.1, 0.15) is 43.8 Å². The number of nitrogen functional groups attached to an aromatic ring is 1. The van der Waals surface area contributed by atoms with Crippen LogP contribution >= 0.6 is 0 Å². The van der Waals surface area contributed by atoms with Crippen LogP contribution in [0, 0.1) is 0 Å². The second-order valence-electron chi connectivity index (χ2n) is 3.79. The van der Waals surface area contributed by atoms with Crippen LogP contribution in [0.5, 0.6) is 0 Å². The van der Waals surface area contributed by atoms with Gasteiger partial charge in [-0.25, -0.2) is 0 Å². The van der Waals surface area contributed by atoms with Crippen molar-refractivity contribution in [2.75, 3.05) is 5.73 Å². The molecular formula is C9H16N4. The topological polar surface area (TPSA) is 56.7 Å². The van der Waals surface area contributed by atoms with Crippen molar-refractivity contribution in [3.8, 4) is 0 Å². The molecule has 1 saturated carbocycles. The summed E-state index contributed by atoms with van der Waals surface area (Å²) in [4.78, 5) is 4.26. The Morgan fingerprint density at radius 2 is 2.00 bits per heavy atom. The lowest BCUT2D eigenvalue weighted by Crippen LogP contribution is -2.10. The lowest BCUT2D eigenvalue weighted by Gasteiger charge is -2.19. The zero-order valence-electron chi connectivity index (χ0n) is 8.03. The van der Waals surface area contributed by atoms with Gasteiger partial charge < -0.3 is 5.73 Å². The standard InChI is InChI=1S/C9H16N4/c1-13-8(11-9(10)12-13)7-5-3-2-4-6-7/h7H,2-6H2,1H3,(H2,10,12). The molecule has 1 aliphatic carbocycles. The first-order valence-corrected chi connectivity index (χ1v) is 4.94. The maximum absolute atomic E-state index is 5.54. The first kappa shape index (κ1) is 8.53. The Kier molecular flexibility index (Phi) is 2.20. The molecule has 0 bridgehead atoms. The minimum absolute atomic E-state index is 0.406. The molecule has 0 aliphatic heterocycles. The second kappa shape index (κ2) is 3.36. The molecule has 0 atom stereocenters. The number of aryl methyl sites for hydroxylation is 1. The van der Waals surface area contributed by atoms with Gasteiger partial charge in [-0.15, -0.1) is 5.10 Å². The third-order valence-corrected chi connectivity index (χ3v) is 2.78. The van der Waals surface area contributed by atoms with E-state index >= 15 is 0 Å². The number of rotatable bonds is 1. The van der Waals surface area contributed by atoms with Crippen molar-refractivity contribution < 1.29 is 0 Å². The average molecular weight is 180 g/mol. The Labute approximate surface area is 78.1 Å². The molecule has 0 radical (unpaired) electrons. The van der Waals surface area contributed by atoms with Crippen molar-refractivity contribution in [3.05, 3.63) is 5.82 Å². The summed E-state index contributed by atoms with van der Waals surface area (Å²) in [7, 11) is 1.92. The zero-order valence-corrected chi connectivity index (χ0v) is 8.03. The van der Waals surface area contributed by atoms with Crippen molar-refractivity contribution in [3.63, 3.8) is 0 Å². The molecule has 0 aromatic carbocycles. The summed E-state index contributed by atoms with van der Waals surface area (Å²) in [6.07, 6.45) is 6.48. The molecule has 0 spiro atoms. The molecule has 1 aromatic rings. The van der Waals surface area contributed by atoms with E-state index in [4.69, 9.17) is 5.73 Å². The Morgan fingerprint density at radius 1 is 1.31 bits per heavy atom. The van der Waals surface area contributed by atoms with Gasteiger partial charge in [-0.05, 0) is 12.8 Å². The van der Waals surface area contributed by atoms with Crippen molar-refractivity contribution in [2.24, 2.45) is 7.05 Å². The molecule has 0 unspecified atom stereocenters. The summed E-state index contributed by atoms with van der Waals surface area (Å²) in [6.45, 7) is 0. The van der Waals surface area contributed by atoms with Gasteiger partial charge in [0.2, 0.25) is 5.95 Å². The zero-order chi connectivity index (χ0) is 9.26. The molecule has 1 aliphatic rings. The molecule has 4 nitrogen and oxygen atoms in total. The van der Waals surface area contributed by atoms with Gasteiger partial charge in [-0.2, -0.15) is 4.98 Å². The third-order valence-electron chi connectivity index (χ3n) is 2.78. The number of hydrogen-bond acceptors (Lipinski definition) is 3. The smallest absolute Gasteiger partial charge is 0.239 e. The Morgan fingerprint density at radius 3 is 2.54 bits per heavy atom. The fourth-order valence-electron chi connectivity index (χ4n) is 2.13. The van der Waals surface area contributed by atoms with Gasteiger partial charge in [0.25, 0.3) is 0 Å². The van der Waals surface area contributed by atoms with Crippen LogP contribution in [0.3, 0.4) is 0 Å². The van der Waals surface area contributed by atoms with Gasteiger partial charge in [0, 0.05) is 13.0 Å². The third kappa shape index (κ3) is 1.66. The fraction of sp³-hybridized carbons (Fsp3) is 0.778. The molecule has 1 aromatic heterocycles. The SMILES string of the molecule is Cn1nc(N)nc1C1CCCCC1. The minimum Gasteiger partial charge on any atom is -0.366 e. The molecule has 2 rings (SSSR count). The number of aromatic nitrogens is 3. The van der Waals surface area contributed by atoms with E-state index in [0.29, 0.717) is 11.9 Å². The summed E-state index contributed by atoms with van der Waals surface area (Å²) < 4.78 is 1.82. The van der Waals surface area contributed by atoms with E-state index in [-0.39, 0.29) is 0 Å². The molecule has 2 N–H and O–H groups in total. The van der Waals surface area contributed by atoms with Gasteiger partial charge in [0.1, 0.15) is 5.82 Å². The Hall–Kier alpha value is -1.06. The molecule has 0 amide bonds. The van der Waals surface area contributed by atoms with E-state index in [1.807, 2.05) is 11.7 Å². The Balaban J connectivity index is 2.18. The second-order valence-corrected chi connectivity index (χ2v) is 3.79. The molecular weight excluding hydrogens is 164 g/mol. The van der Waals surface area contributed by atoms with Gasteiger partial charge in [-0.3, -0.25) is 4.68 Å². The highest BCUT2D eigenvalue weighted by Gasteiger charge is 2.20. The number of anilines is 1. The summed E-state index contributed by atoms with van der Waals surface area (Å²) in [5.41, 5.74) is 5.54. The van der Waals surface area contributed by atoms with Crippen LogP contribution in [-0.2, 0) is 7.05 Å². The molecule has 72 valence electrons. The predicted octanol–water partition coefficient (Wildman–Crippen LogP) is 1.44. The Bertz CT molecular complexity index is 286. The molecule has 0 saturated heterocycles. The van der Waals surface area contributed by atoms with Gasteiger partial charge in [-0.1, -0.05) is 19.3 Å². The maximum atomic E-state index is 5.54. The van der Waals surface area contributed by atoms with E-state index in [0.717, 1.165) is 5.82 Å². The van der Waals surface area contributed by atoms with E-state index in [9.17, 15) is 0 Å². The van der Waals surface area contributed by atoms with Crippen LogP contribution < -0.4 is 5.73 Å². The van der Waals surface area contributed by atoms with Crippen LogP contribution in [0.25, 0.3) is 0 Å². The van der Waals surface area contributed by atoms with E-state index in [1.54, 1.807) is 0 Å². The summed E-state index contributed by atoms with van der Waals surface area (Å²) >= 11 is 0. The fourth-order valence-corrected chi connectivity index (χ4v) is 2.13. The number of hydrogen-bond donors (Lipinski definition) is 1. The van der Waals surface area contributed by atoms with Gasteiger partial charge in [0.15, 0.2) is 0 Å². The quantitative estimate of drug-likeness (QED) is 0.711. The van der Waals surface area contributed by atoms with E-state index in [2.05, 4.69) is 10.1 Å². The first-order valence-electron chi connectivity index (χ1n) is 4.94. The van der Waals surface area contributed by atoms with E-state index in [1.165, 1.54) is 32.1 Å². The van der Waals surface area contributed by atoms with E-state index < -0.39 is 0 Å². The molecule has 1 fully saturated rings. The summed E-state index contributed by atoms with van der Waals surface area (Å²) in [5, 5.41) is 4.07. The highest BCUT2D eigenvalue weighted by molar-refractivity contribution is 5.16. The first-order chi connectivity index (χ1) is 6.27. The highest BCUT2D eigenvalue weighted by atomic mass is 15.4. The van der Waals surface area contributed by atoms with Gasteiger partial charge >= 0.3 is 0 Å². The molecule has 13 heavy (non-hydrogen) atoms. The number of nitrogens with zero attached hydrogens (tertiary/aromatic N) is 3. The van der Waals surface area contributed by atoms with Crippen molar-refractivity contribution >= 4 is 5.95 Å². The van der Waals surface area contributed by atoms with Crippen LogP contribution in [0.4, 0.5) is 5.95 Å². The molecule has 1 heterocycles. The predicted molar refractivity (Wildman–Crippen MR) is 51.2 cm³/mol. The molecule has 4 heteroatoms. The van der Waals surface area contributed by atoms with Crippen LogP contribution in [0.15, 0.2) is 0 Å². The minimum atomic E-state index is 0.406.